The minimum absolute atomic E-state index is 0.271. The first kappa shape index (κ1) is 16.2. The Morgan fingerprint density at radius 1 is 0.875 bits per heavy atom. The zero-order valence-electron chi connectivity index (χ0n) is 14.2. The van der Waals surface area contributed by atoms with Crippen molar-refractivity contribution in [2.24, 2.45) is 14.1 Å². The predicted molar refractivity (Wildman–Crippen MR) is 96.0 cm³/mol. The van der Waals surface area contributed by atoms with E-state index in [1.165, 1.54) is 34.0 Å². The Bertz CT molecular complexity index is 1000. The van der Waals surface area contributed by atoms with E-state index in [1.54, 1.807) is 7.05 Å². The third-order valence-electron chi connectivity index (χ3n) is 4.32. The maximum atomic E-state index is 12.0. The van der Waals surface area contributed by atoms with Crippen LogP contribution in [0.25, 0.3) is 10.8 Å². The van der Waals surface area contributed by atoms with Gasteiger partial charge in [-0.1, -0.05) is 36.4 Å². The molecule has 0 aliphatic heterocycles. The lowest BCUT2D eigenvalue weighted by Crippen LogP contribution is -2.39. The Labute approximate surface area is 140 Å². The SMILES string of the molecule is CN(Cc1ccc2ccccc2c1)Cc1cc(=O)n(C)c(=O)n1C. The summed E-state index contributed by atoms with van der Waals surface area (Å²) in [5.74, 6) is 0. The second-order valence-electron chi connectivity index (χ2n) is 6.23. The zero-order chi connectivity index (χ0) is 17.3. The number of rotatable bonds is 4. The third kappa shape index (κ3) is 3.16. The summed E-state index contributed by atoms with van der Waals surface area (Å²) in [4.78, 5) is 25.9. The fourth-order valence-corrected chi connectivity index (χ4v) is 2.91. The lowest BCUT2D eigenvalue weighted by molar-refractivity contribution is 0.308. The van der Waals surface area contributed by atoms with Crippen LogP contribution in [0.5, 0.6) is 0 Å². The normalized spacial score (nSPS) is 11.3. The molecule has 5 nitrogen and oxygen atoms in total. The van der Waals surface area contributed by atoms with Gasteiger partial charge in [-0.2, -0.15) is 0 Å². The summed E-state index contributed by atoms with van der Waals surface area (Å²) in [7, 11) is 5.17. The second-order valence-corrected chi connectivity index (χ2v) is 6.23. The highest BCUT2D eigenvalue weighted by Gasteiger charge is 2.09. The molecule has 5 heteroatoms. The minimum atomic E-state index is -0.295. The standard InChI is InChI=1S/C19H21N3O2/c1-20(13-17-11-18(23)22(3)19(24)21(17)2)12-14-8-9-15-6-4-5-7-16(15)10-14/h4-11H,12-13H2,1-3H3. The van der Waals surface area contributed by atoms with Crippen molar-refractivity contribution in [2.75, 3.05) is 7.05 Å². The van der Waals surface area contributed by atoms with Crippen LogP contribution in [0.1, 0.15) is 11.3 Å². The van der Waals surface area contributed by atoms with Gasteiger partial charge in [0.25, 0.3) is 5.56 Å². The number of benzene rings is 2. The van der Waals surface area contributed by atoms with E-state index in [4.69, 9.17) is 0 Å². The Balaban J connectivity index is 1.81. The van der Waals surface area contributed by atoms with E-state index in [-0.39, 0.29) is 11.2 Å². The topological polar surface area (TPSA) is 47.2 Å². The van der Waals surface area contributed by atoms with E-state index >= 15 is 0 Å². The largest absolute Gasteiger partial charge is 0.330 e. The van der Waals surface area contributed by atoms with Gasteiger partial charge in [0.05, 0.1) is 0 Å². The smallest absolute Gasteiger partial charge is 0.299 e. The second kappa shape index (κ2) is 6.45. The van der Waals surface area contributed by atoms with Gasteiger partial charge in [-0.3, -0.25) is 18.8 Å². The lowest BCUT2D eigenvalue weighted by Gasteiger charge is -2.19. The molecule has 0 aliphatic carbocycles. The average molecular weight is 323 g/mol. The van der Waals surface area contributed by atoms with Crippen LogP contribution in [-0.2, 0) is 27.2 Å². The molecule has 0 amide bonds. The Hall–Kier alpha value is -2.66. The molecule has 0 atom stereocenters. The summed E-state index contributed by atoms with van der Waals surface area (Å²) in [6, 6.07) is 16.2. The van der Waals surface area contributed by atoms with E-state index in [0.29, 0.717) is 12.2 Å². The van der Waals surface area contributed by atoms with Gasteiger partial charge in [-0.25, -0.2) is 4.79 Å². The Morgan fingerprint density at radius 2 is 1.58 bits per heavy atom. The van der Waals surface area contributed by atoms with E-state index in [2.05, 4.69) is 35.2 Å². The average Bonchev–Trinajstić information content (AvgIpc) is 2.57. The number of fused-ring (bicyclic) bond motifs is 1. The van der Waals surface area contributed by atoms with E-state index in [1.807, 2.05) is 19.2 Å². The van der Waals surface area contributed by atoms with Crippen LogP contribution in [0.15, 0.2) is 58.1 Å². The summed E-state index contributed by atoms with van der Waals surface area (Å²) >= 11 is 0. The summed E-state index contributed by atoms with van der Waals surface area (Å²) < 4.78 is 2.64. The molecule has 1 aromatic heterocycles. The van der Waals surface area contributed by atoms with Gasteiger partial charge in [0.15, 0.2) is 0 Å². The molecule has 0 aliphatic rings. The number of hydrogen-bond acceptors (Lipinski definition) is 3. The molecule has 2 aromatic carbocycles. The van der Waals surface area contributed by atoms with Crippen LogP contribution >= 0.6 is 0 Å². The molecule has 0 fully saturated rings. The first-order valence-electron chi connectivity index (χ1n) is 7.88. The van der Waals surface area contributed by atoms with Crippen molar-refractivity contribution < 1.29 is 0 Å². The van der Waals surface area contributed by atoms with E-state index in [0.717, 1.165) is 11.1 Å². The van der Waals surface area contributed by atoms with E-state index < -0.39 is 0 Å². The molecule has 24 heavy (non-hydrogen) atoms. The van der Waals surface area contributed by atoms with Crippen molar-refractivity contribution in [3.05, 3.63) is 80.6 Å². The molecule has 0 saturated heterocycles. The van der Waals surface area contributed by atoms with Gasteiger partial charge in [0, 0.05) is 38.9 Å². The highest BCUT2D eigenvalue weighted by molar-refractivity contribution is 5.82. The van der Waals surface area contributed by atoms with Crippen molar-refractivity contribution in [1.29, 1.82) is 0 Å². The summed E-state index contributed by atoms with van der Waals surface area (Å²) in [5.41, 5.74) is 1.35. The fraction of sp³-hybridized carbons (Fsp3) is 0.263. The van der Waals surface area contributed by atoms with Gasteiger partial charge in [0.1, 0.15) is 0 Å². The molecule has 3 rings (SSSR count). The maximum absolute atomic E-state index is 12.0. The van der Waals surface area contributed by atoms with Crippen LogP contribution in [-0.4, -0.2) is 21.1 Å². The monoisotopic (exact) mass is 323 g/mol. The van der Waals surface area contributed by atoms with Crippen LogP contribution in [0.4, 0.5) is 0 Å². The molecular weight excluding hydrogens is 302 g/mol. The Kier molecular flexibility index (Phi) is 4.36. The van der Waals surface area contributed by atoms with Gasteiger partial charge in [-0.15, -0.1) is 0 Å². The zero-order valence-corrected chi connectivity index (χ0v) is 14.2. The van der Waals surface area contributed by atoms with Crippen LogP contribution in [0.3, 0.4) is 0 Å². The summed E-state index contributed by atoms with van der Waals surface area (Å²) in [5, 5.41) is 2.43. The highest BCUT2D eigenvalue weighted by atomic mass is 16.2. The van der Waals surface area contributed by atoms with Crippen molar-refractivity contribution in [1.82, 2.24) is 14.0 Å². The van der Waals surface area contributed by atoms with Gasteiger partial charge in [0.2, 0.25) is 0 Å². The first-order chi connectivity index (χ1) is 11.5. The molecule has 0 bridgehead atoms. The molecule has 0 radical (unpaired) electrons. The maximum Gasteiger partial charge on any atom is 0.330 e. The molecule has 3 aromatic rings. The quantitative estimate of drug-likeness (QED) is 0.736. The molecular formula is C19H21N3O2. The highest BCUT2D eigenvalue weighted by Crippen LogP contribution is 2.17. The number of hydrogen-bond donors (Lipinski definition) is 0. The van der Waals surface area contributed by atoms with Crippen LogP contribution in [0.2, 0.25) is 0 Å². The van der Waals surface area contributed by atoms with Crippen molar-refractivity contribution in [2.45, 2.75) is 13.1 Å². The fourth-order valence-electron chi connectivity index (χ4n) is 2.91. The van der Waals surface area contributed by atoms with Gasteiger partial charge in [-0.05, 0) is 29.4 Å². The van der Waals surface area contributed by atoms with Gasteiger partial charge >= 0.3 is 5.69 Å². The summed E-state index contributed by atoms with van der Waals surface area (Å²) in [6.07, 6.45) is 0. The molecule has 124 valence electrons. The van der Waals surface area contributed by atoms with Crippen molar-refractivity contribution >= 4 is 10.8 Å². The summed E-state index contributed by atoms with van der Waals surface area (Å²) in [6.45, 7) is 1.28. The molecule has 0 saturated carbocycles. The van der Waals surface area contributed by atoms with Crippen molar-refractivity contribution in [3.63, 3.8) is 0 Å². The Morgan fingerprint density at radius 3 is 2.33 bits per heavy atom. The minimum Gasteiger partial charge on any atom is -0.299 e. The number of nitrogens with zero attached hydrogens (tertiary/aromatic N) is 3. The van der Waals surface area contributed by atoms with Crippen LogP contribution in [0, 0.1) is 0 Å². The molecule has 0 unspecified atom stereocenters. The van der Waals surface area contributed by atoms with E-state index in [9.17, 15) is 9.59 Å². The van der Waals surface area contributed by atoms with Crippen LogP contribution < -0.4 is 11.2 Å². The van der Waals surface area contributed by atoms with Gasteiger partial charge < -0.3 is 0 Å². The predicted octanol–water partition coefficient (Wildman–Crippen LogP) is 1.87. The molecule has 0 spiro atoms. The molecule has 0 N–H and O–H groups in total. The lowest BCUT2D eigenvalue weighted by atomic mass is 10.1. The molecule has 1 heterocycles. The number of aromatic nitrogens is 2. The third-order valence-corrected chi connectivity index (χ3v) is 4.32. The van der Waals surface area contributed by atoms with Crippen molar-refractivity contribution in [3.8, 4) is 0 Å². The first-order valence-corrected chi connectivity index (χ1v) is 7.88.